The van der Waals surface area contributed by atoms with Gasteiger partial charge in [0.1, 0.15) is 11.3 Å². The van der Waals surface area contributed by atoms with Crippen molar-refractivity contribution in [2.45, 2.75) is 13.1 Å². The van der Waals surface area contributed by atoms with Crippen LogP contribution in [0.2, 0.25) is 0 Å². The van der Waals surface area contributed by atoms with E-state index in [2.05, 4.69) is 20.9 Å². The largest absolute Gasteiger partial charge is 0.266 e. The van der Waals surface area contributed by atoms with Gasteiger partial charge < -0.3 is 0 Å². The molecule has 0 atom stereocenters. The molecule has 0 aliphatic heterocycles. The minimum Gasteiger partial charge on any atom is -0.248 e. The second-order valence-corrected chi connectivity index (χ2v) is 2.91. The lowest BCUT2D eigenvalue weighted by Gasteiger charge is -2.02. The van der Waals surface area contributed by atoms with Crippen LogP contribution in [0.4, 0.5) is 13.2 Å². The van der Waals surface area contributed by atoms with Crippen LogP contribution in [0.1, 0.15) is 17.6 Å². The molecule has 1 heterocycles. The smallest absolute Gasteiger partial charge is 0.248 e. The van der Waals surface area contributed by atoms with Gasteiger partial charge in [-0.05, 0) is 22.0 Å². The Morgan fingerprint density at radius 2 is 2.17 bits per heavy atom. The van der Waals surface area contributed by atoms with Gasteiger partial charge in [0.05, 0.1) is 5.56 Å². The van der Waals surface area contributed by atoms with Crippen molar-refractivity contribution >= 4 is 15.9 Å². The normalized spacial score (nSPS) is 10.8. The van der Waals surface area contributed by atoms with Crippen LogP contribution in [-0.4, -0.2) is 4.98 Å². The maximum Gasteiger partial charge on any atom is 0.266 e. The SMILES string of the molecule is FCc1cnc(Br)c(C(F)F)c1. The topological polar surface area (TPSA) is 12.9 Å². The fraction of sp³-hybridized carbons (Fsp3) is 0.286. The molecule has 0 amide bonds. The lowest BCUT2D eigenvalue weighted by atomic mass is 10.2. The molecule has 0 aromatic carbocycles. The van der Waals surface area contributed by atoms with Crippen molar-refractivity contribution in [1.82, 2.24) is 4.98 Å². The summed E-state index contributed by atoms with van der Waals surface area (Å²) in [6, 6.07) is 1.10. The van der Waals surface area contributed by atoms with Crippen LogP contribution < -0.4 is 0 Å². The van der Waals surface area contributed by atoms with Crippen molar-refractivity contribution in [2.24, 2.45) is 0 Å². The molecule has 0 N–H and O–H groups in total. The highest BCUT2D eigenvalue weighted by atomic mass is 79.9. The molecule has 0 spiro atoms. The van der Waals surface area contributed by atoms with Crippen molar-refractivity contribution in [3.05, 3.63) is 28.0 Å². The van der Waals surface area contributed by atoms with Gasteiger partial charge in [0.15, 0.2) is 0 Å². The van der Waals surface area contributed by atoms with E-state index >= 15 is 0 Å². The molecule has 0 aliphatic carbocycles. The van der Waals surface area contributed by atoms with Gasteiger partial charge in [-0.2, -0.15) is 0 Å². The van der Waals surface area contributed by atoms with E-state index in [9.17, 15) is 13.2 Å². The Morgan fingerprint density at radius 3 is 2.67 bits per heavy atom. The lowest BCUT2D eigenvalue weighted by Crippen LogP contribution is -1.92. The van der Waals surface area contributed by atoms with Crippen molar-refractivity contribution in [1.29, 1.82) is 0 Å². The van der Waals surface area contributed by atoms with E-state index in [1.165, 1.54) is 6.20 Å². The van der Waals surface area contributed by atoms with E-state index in [-0.39, 0.29) is 15.7 Å². The van der Waals surface area contributed by atoms with Gasteiger partial charge in [-0.3, -0.25) is 0 Å². The molecule has 0 fully saturated rings. The van der Waals surface area contributed by atoms with Crippen molar-refractivity contribution < 1.29 is 13.2 Å². The highest BCUT2D eigenvalue weighted by molar-refractivity contribution is 9.10. The molecule has 5 heteroatoms. The maximum absolute atomic E-state index is 12.2. The second-order valence-electron chi connectivity index (χ2n) is 2.16. The zero-order valence-corrected chi connectivity index (χ0v) is 7.48. The van der Waals surface area contributed by atoms with E-state index in [1.54, 1.807) is 0 Å². The highest BCUT2D eigenvalue weighted by Crippen LogP contribution is 2.26. The second kappa shape index (κ2) is 3.89. The molecule has 1 rings (SSSR count). The monoisotopic (exact) mass is 239 g/mol. The molecule has 0 unspecified atom stereocenters. The number of aromatic nitrogens is 1. The van der Waals surface area contributed by atoms with Gasteiger partial charge in [0.25, 0.3) is 6.43 Å². The van der Waals surface area contributed by atoms with Crippen LogP contribution in [0, 0.1) is 0 Å². The van der Waals surface area contributed by atoms with E-state index in [4.69, 9.17) is 0 Å². The number of alkyl halides is 3. The molecule has 0 saturated carbocycles. The quantitative estimate of drug-likeness (QED) is 0.723. The first-order valence-corrected chi connectivity index (χ1v) is 3.93. The number of rotatable bonds is 2. The first kappa shape index (κ1) is 9.51. The van der Waals surface area contributed by atoms with Crippen molar-refractivity contribution in [3.8, 4) is 0 Å². The molecule has 12 heavy (non-hydrogen) atoms. The van der Waals surface area contributed by atoms with E-state index in [1.807, 2.05) is 0 Å². The molecular weight excluding hydrogens is 235 g/mol. The summed E-state index contributed by atoms with van der Waals surface area (Å²) in [5, 5.41) is 0. The summed E-state index contributed by atoms with van der Waals surface area (Å²) in [6.45, 7) is -0.778. The summed E-state index contributed by atoms with van der Waals surface area (Å²) in [5.41, 5.74) is -0.112. The van der Waals surface area contributed by atoms with Crippen molar-refractivity contribution in [2.75, 3.05) is 0 Å². The van der Waals surface area contributed by atoms with Crippen LogP contribution in [0.15, 0.2) is 16.9 Å². The van der Waals surface area contributed by atoms with Gasteiger partial charge in [0.2, 0.25) is 0 Å². The summed E-state index contributed by atoms with van der Waals surface area (Å²) >= 11 is 2.85. The molecule has 0 radical (unpaired) electrons. The number of nitrogens with zero attached hydrogens (tertiary/aromatic N) is 1. The Balaban J connectivity index is 3.08. The summed E-state index contributed by atoms with van der Waals surface area (Å²) < 4.78 is 36.4. The third-order valence-corrected chi connectivity index (χ3v) is 1.97. The van der Waals surface area contributed by atoms with Crippen LogP contribution in [0.3, 0.4) is 0 Å². The summed E-state index contributed by atoms with van der Waals surface area (Å²) in [6.07, 6.45) is -1.41. The Kier molecular flexibility index (Phi) is 3.08. The molecule has 1 aromatic heterocycles. The Labute approximate surface area is 75.7 Å². The van der Waals surface area contributed by atoms with E-state index in [0.29, 0.717) is 0 Å². The number of hydrogen-bond acceptors (Lipinski definition) is 1. The highest BCUT2D eigenvalue weighted by Gasteiger charge is 2.12. The molecular formula is C7H5BrF3N. The van der Waals surface area contributed by atoms with Gasteiger partial charge in [0, 0.05) is 11.8 Å². The zero-order chi connectivity index (χ0) is 9.14. The first-order valence-electron chi connectivity index (χ1n) is 3.13. The zero-order valence-electron chi connectivity index (χ0n) is 5.90. The minimum atomic E-state index is -2.63. The molecule has 0 bridgehead atoms. The van der Waals surface area contributed by atoms with Gasteiger partial charge in [-0.25, -0.2) is 18.2 Å². The Morgan fingerprint density at radius 1 is 1.50 bits per heavy atom. The van der Waals surface area contributed by atoms with E-state index in [0.717, 1.165) is 6.07 Å². The number of hydrogen-bond donors (Lipinski definition) is 0. The predicted octanol–water partition coefficient (Wildman–Crippen LogP) is 3.25. The number of pyridine rings is 1. The van der Waals surface area contributed by atoms with Crippen molar-refractivity contribution in [3.63, 3.8) is 0 Å². The molecule has 0 aliphatic rings. The average Bonchev–Trinajstić information content (AvgIpc) is 2.05. The Bertz CT molecular complexity index is 277. The fourth-order valence-electron chi connectivity index (χ4n) is 0.737. The van der Waals surface area contributed by atoms with Gasteiger partial charge >= 0.3 is 0 Å². The summed E-state index contributed by atoms with van der Waals surface area (Å²) in [5.74, 6) is 0. The van der Waals surface area contributed by atoms with Crippen LogP contribution in [0.25, 0.3) is 0 Å². The van der Waals surface area contributed by atoms with E-state index < -0.39 is 13.1 Å². The molecule has 1 nitrogen and oxygen atoms in total. The molecule has 66 valence electrons. The maximum atomic E-state index is 12.2. The standard InChI is InChI=1S/C7H5BrF3N/c8-6-5(7(10)11)1-4(2-9)3-12-6/h1,3,7H,2H2. The summed E-state index contributed by atoms with van der Waals surface area (Å²) in [4.78, 5) is 3.57. The minimum absolute atomic E-state index is 0.0645. The lowest BCUT2D eigenvalue weighted by molar-refractivity contribution is 0.150. The predicted molar refractivity (Wildman–Crippen MR) is 41.7 cm³/mol. The van der Waals surface area contributed by atoms with Crippen LogP contribution in [-0.2, 0) is 6.67 Å². The molecule has 0 saturated heterocycles. The first-order chi connectivity index (χ1) is 5.65. The molecule has 1 aromatic rings. The van der Waals surface area contributed by atoms with Gasteiger partial charge in [-0.15, -0.1) is 0 Å². The fourth-order valence-corrected chi connectivity index (χ4v) is 1.13. The van der Waals surface area contributed by atoms with Crippen LogP contribution >= 0.6 is 15.9 Å². The third-order valence-electron chi connectivity index (χ3n) is 1.31. The van der Waals surface area contributed by atoms with Crippen LogP contribution in [0.5, 0.6) is 0 Å². The third kappa shape index (κ3) is 1.97. The number of halogens is 4. The summed E-state index contributed by atoms with van der Waals surface area (Å²) in [7, 11) is 0. The Hall–Kier alpha value is -0.580. The average molecular weight is 240 g/mol. The van der Waals surface area contributed by atoms with Gasteiger partial charge in [-0.1, -0.05) is 0 Å².